The summed E-state index contributed by atoms with van der Waals surface area (Å²) >= 11 is 0. The molecule has 0 aromatic heterocycles. The smallest absolute Gasteiger partial charge is 0.340 e. The molecule has 0 unspecified atom stereocenters. The van der Waals surface area contributed by atoms with Crippen molar-refractivity contribution in [3.8, 4) is 6.07 Å². The molecule has 5 nitrogen and oxygen atoms in total. The molecule has 41 heavy (non-hydrogen) atoms. The number of likely N-dealkylation sites (tertiary alicyclic amines) is 1. The third-order valence-electron chi connectivity index (χ3n) is 8.31. The molecule has 1 heterocycles. The number of alkyl halides is 7. The highest BCUT2D eigenvalue weighted by molar-refractivity contribution is 7.92. The van der Waals surface area contributed by atoms with Gasteiger partial charge in [-0.15, -0.1) is 0 Å². The van der Waals surface area contributed by atoms with Crippen molar-refractivity contribution in [2.24, 2.45) is 11.8 Å². The maximum Gasteiger partial charge on any atom is 0.435 e. The molecule has 0 radical (unpaired) electrons. The maximum absolute atomic E-state index is 14.7. The average molecular weight is 605 g/mol. The van der Waals surface area contributed by atoms with Crippen molar-refractivity contribution >= 4 is 15.7 Å². The van der Waals surface area contributed by atoms with Crippen LogP contribution in [0, 0.1) is 23.2 Å². The van der Waals surface area contributed by atoms with E-state index in [1.54, 1.807) is 0 Å². The van der Waals surface area contributed by atoms with E-state index >= 15 is 0 Å². The van der Waals surface area contributed by atoms with Crippen LogP contribution in [0.25, 0.3) is 0 Å². The van der Waals surface area contributed by atoms with Gasteiger partial charge in [-0.3, -0.25) is 4.79 Å². The molecule has 222 valence electrons. The summed E-state index contributed by atoms with van der Waals surface area (Å²) in [5.74, 6) is -0.141. The van der Waals surface area contributed by atoms with E-state index < -0.39 is 44.7 Å². The monoisotopic (exact) mass is 604 g/mol. The third kappa shape index (κ3) is 5.19. The number of sulfone groups is 1. The van der Waals surface area contributed by atoms with Crippen molar-refractivity contribution in [3.63, 3.8) is 0 Å². The summed E-state index contributed by atoms with van der Waals surface area (Å²) in [4.78, 5) is 14.5. The number of carbonyl (C=O) groups is 1. The zero-order chi connectivity index (χ0) is 30.4. The molecule has 2 aromatic rings. The number of hydrogen-bond donors (Lipinski definition) is 0. The van der Waals surface area contributed by atoms with Crippen molar-refractivity contribution in [2.45, 2.75) is 66.7 Å². The third-order valence-corrected chi connectivity index (χ3v) is 10.8. The summed E-state index contributed by atoms with van der Waals surface area (Å²) in [5.41, 5.74) is -7.43. The van der Waals surface area contributed by atoms with Gasteiger partial charge in [0, 0.05) is 24.6 Å². The molecule has 1 saturated carbocycles. The van der Waals surface area contributed by atoms with Gasteiger partial charge >= 0.3 is 18.0 Å². The Labute approximate surface area is 232 Å². The van der Waals surface area contributed by atoms with Crippen molar-refractivity contribution in [1.29, 1.82) is 5.26 Å². The van der Waals surface area contributed by atoms with E-state index in [-0.39, 0.29) is 40.8 Å². The first-order chi connectivity index (χ1) is 19.0. The van der Waals surface area contributed by atoms with Gasteiger partial charge in [0.2, 0.25) is 5.91 Å². The molecular formula is C28H27F7N2O3S. The number of nitrogens with zero attached hydrogens (tertiary/aromatic N) is 2. The second kappa shape index (κ2) is 10.6. The Bertz CT molecular complexity index is 1410. The van der Waals surface area contributed by atoms with E-state index in [4.69, 9.17) is 5.26 Å². The fraction of sp³-hybridized carbons (Fsp3) is 0.500. The highest BCUT2D eigenvalue weighted by Crippen LogP contribution is 2.54. The Hall–Kier alpha value is -3.14. The molecule has 0 bridgehead atoms. The van der Waals surface area contributed by atoms with Gasteiger partial charge < -0.3 is 4.90 Å². The van der Waals surface area contributed by atoms with Gasteiger partial charge in [-0.2, -0.15) is 31.6 Å². The summed E-state index contributed by atoms with van der Waals surface area (Å²) in [7, 11) is -4.43. The first-order valence-corrected chi connectivity index (χ1v) is 14.4. The molecule has 0 spiro atoms. The van der Waals surface area contributed by atoms with Crippen LogP contribution in [0.4, 0.5) is 30.7 Å². The molecule has 1 saturated heterocycles. The summed E-state index contributed by atoms with van der Waals surface area (Å²) in [6.07, 6.45) is -9.96. The summed E-state index contributed by atoms with van der Waals surface area (Å²) in [6.45, 7) is 1.66. The van der Waals surface area contributed by atoms with Crippen LogP contribution < -0.4 is 0 Å². The fourth-order valence-corrected chi connectivity index (χ4v) is 7.85. The van der Waals surface area contributed by atoms with Gasteiger partial charge in [0.05, 0.1) is 16.5 Å². The van der Waals surface area contributed by atoms with Crippen LogP contribution in [0.5, 0.6) is 0 Å². The lowest BCUT2D eigenvalue weighted by Crippen LogP contribution is -2.50. The normalized spacial score (nSPS) is 24.2. The molecule has 1 amide bonds. The van der Waals surface area contributed by atoms with Gasteiger partial charge in [-0.25, -0.2) is 12.8 Å². The zero-order valence-corrected chi connectivity index (χ0v) is 22.7. The Morgan fingerprint density at radius 3 is 1.93 bits per heavy atom. The molecule has 4 rings (SSSR count). The lowest BCUT2D eigenvalue weighted by Gasteiger charge is -2.33. The zero-order valence-electron chi connectivity index (χ0n) is 21.9. The van der Waals surface area contributed by atoms with E-state index in [9.17, 15) is 43.9 Å². The first-order valence-electron chi connectivity index (χ1n) is 12.9. The minimum Gasteiger partial charge on any atom is -0.340 e. The number of carbonyl (C=O) groups excluding carboxylic acids is 1. The lowest BCUT2D eigenvalue weighted by molar-refractivity contribution is -0.348. The maximum atomic E-state index is 14.7. The molecule has 0 N–H and O–H groups in total. The molecule has 2 aliphatic rings. The predicted octanol–water partition coefficient (Wildman–Crippen LogP) is 6.58. The van der Waals surface area contributed by atoms with Crippen molar-refractivity contribution in [1.82, 2.24) is 4.90 Å². The number of halogens is 7. The lowest BCUT2D eigenvalue weighted by atomic mass is 9.82. The summed E-state index contributed by atoms with van der Waals surface area (Å²) in [6, 6.07) is 8.81. The number of hydrogen-bond acceptors (Lipinski definition) is 4. The standard InChI is InChI=1S/C28H27F7N2O3S/c1-18-2-6-20(7-3-18)24(38)37-15-14-25(17-37,41(39,40)23-12-4-19(16-36)5-13-23)21-8-10-22(11-9-21)26(29,27(30,31)32)28(33,34)35/h4-5,8-13,18,20H,2-3,6-7,14-15,17H2,1H3/t18?,20?,25-/m0/s1. The van der Waals surface area contributed by atoms with Crippen LogP contribution in [-0.4, -0.2) is 44.7 Å². The second-order valence-corrected chi connectivity index (χ2v) is 13.1. The molecule has 1 aliphatic heterocycles. The highest BCUT2D eigenvalue weighted by atomic mass is 32.2. The van der Waals surface area contributed by atoms with Gasteiger partial charge in [0.25, 0.3) is 0 Å². The number of rotatable bonds is 5. The van der Waals surface area contributed by atoms with Gasteiger partial charge in [0.1, 0.15) is 4.75 Å². The quantitative estimate of drug-likeness (QED) is 0.362. The molecule has 2 fully saturated rings. The average Bonchev–Trinajstić information content (AvgIpc) is 3.39. The van der Waals surface area contributed by atoms with Crippen LogP contribution in [0.2, 0.25) is 0 Å². The molecule has 1 aliphatic carbocycles. The number of benzene rings is 2. The molecule has 2 aromatic carbocycles. The molecule has 1 atom stereocenters. The fourth-order valence-electron chi connectivity index (χ4n) is 5.77. The van der Waals surface area contributed by atoms with Crippen molar-refractivity contribution in [2.75, 3.05) is 13.1 Å². The minimum atomic E-state index is -6.33. The Morgan fingerprint density at radius 2 is 1.44 bits per heavy atom. The highest BCUT2D eigenvalue weighted by Gasteiger charge is 2.73. The van der Waals surface area contributed by atoms with Crippen LogP contribution in [0.15, 0.2) is 53.4 Å². The largest absolute Gasteiger partial charge is 0.435 e. The number of amides is 1. The Morgan fingerprint density at radius 1 is 0.902 bits per heavy atom. The van der Waals surface area contributed by atoms with Gasteiger partial charge in [-0.1, -0.05) is 31.2 Å². The second-order valence-electron chi connectivity index (χ2n) is 10.8. The summed E-state index contributed by atoms with van der Waals surface area (Å²) < 4.78 is 121. The minimum absolute atomic E-state index is 0.0136. The summed E-state index contributed by atoms with van der Waals surface area (Å²) in [5, 5.41) is 9.08. The Balaban J connectivity index is 1.79. The van der Waals surface area contributed by atoms with E-state index in [1.165, 1.54) is 29.2 Å². The van der Waals surface area contributed by atoms with Crippen LogP contribution in [-0.2, 0) is 25.0 Å². The first kappa shape index (κ1) is 30.8. The predicted molar refractivity (Wildman–Crippen MR) is 134 cm³/mol. The van der Waals surface area contributed by atoms with Crippen LogP contribution in [0.1, 0.15) is 55.7 Å². The topological polar surface area (TPSA) is 78.2 Å². The van der Waals surface area contributed by atoms with Gasteiger partial charge in [-0.05, 0) is 67.9 Å². The van der Waals surface area contributed by atoms with E-state index in [0.29, 0.717) is 30.9 Å². The van der Waals surface area contributed by atoms with Crippen molar-refractivity contribution in [3.05, 3.63) is 65.2 Å². The number of nitriles is 1. The van der Waals surface area contributed by atoms with E-state index in [2.05, 4.69) is 6.92 Å². The van der Waals surface area contributed by atoms with Crippen molar-refractivity contribution < 1.29 is 43.9 Å². The Kier molecular flexibility index (Phi) is 7.97. The molecular weight excluding hydrogens is 577 g/mol. The molecule has 13 heteroatoms. The van der Waals surface area contributed by atoms with Gasteiger partial charge in [0.15, 0.2) is 9.84 Å². The van der Waals surface area contributed by atoms with Crippen LogP contribution >= 0.6 is 0 Å². The van der Waals surface area contributed by atoms with E-state index in [0.717, 1.165) is 25.0 Å². The van der Waals surface area contributed by atoms with E-state index in [1.807, 2.05) is 6.07 Å². The van der Waals surface area contributed by atoms with Crippen LogP contribution in [0.3, 0.4) is 0 Å². The SMILES string of the molecule is CC1CCC(C(=O)N2CC[C@](c3ccc(C(F)(C(F)(F)F)C(F)(F)F)cc3)(S(=O)(=O)c3ccc(C#N)cc3)C2)CC1.